The summed E-state index contributed by atoms with van der Waals surface area (Å²) in [4.78, 5) is 0. The Bertz CT molecular complexity index is 276. The molecule has 0 amide bonds. The Balaban J connectivity index is 2.83. The zero-order valence-corrected chi connectivity index (χ0v) is 9.75. The van der Waals surface area contributed by atoms with Crippen LogP contribution in [0, 0.1) is 5.92 Å². The molecular formula is C11H21N3. The van der Waals surface area contributed by atoms with Gasteiger partial charge in [0.1, 0.15) is 0 Å². The summed E-state index contributed by atoms with van der Waals surface area (Å²) in [5.41, 5.74) is 2.51. The highest BCUT2D eigenvalue weighted by molar-refractivity contribution is 5.10. The van der Waals surface area contributed by atoms with Gasteiger partial charge in [-0.05, 0) is 25.2 Å². The van der Waals surface area contributed by atoms with Crippen LogP contribution >= 0.6 is 0 Å². The second kappa shape index (κ2) is 5.13. The normalized spacial score (nSPS) is 11.2. The molecule has 1 heterocycles. The fraction of sp³-hybridized carbons (Fsp3) is 0.818. The van der Waals surface area contributed by atoms with Gasteiger partial charge in [-0.1, -0.05) is 32.9 Å². The minimum absolute atomic E-state index is 0.659. The van der Waals surface area contributed by atoms with Gasteiger partial charge in [-0.3, -0.25) is 0 Å². The molecule has 1 aromatic rings. The predicted octanol–water partition coefficient (Wildman–Crippen LogP) is 2.45. The average molecular weight is 195 g/mol. The Kier molecular flexibility index (Phi) is 4.11. The third-order valence-electron chi connectivity index (χ3n) is 2.29. The van der Waals surface area contributed by atoms with E-state index in [-0.39, 0.29) is 0 Å². The number of hydrogen-bond donors (Lipinski definition) is 0. The van der Waals surface area contributed by atoms with Gasteiger partial charge in [0.25, 0.3) is 0 Å². The Labute approximate surface area is 86.5 Å². The Morgan fingerprint density at radius 2 is 2.00 bits per heavy atom. The van der Waals surface area contributed by atoms with Crippen molar-refractivity contribution >= 4 is 0 Å². The largest absolute Gasteiger partial charge is 0.249 e. The lowest BCUT2D eigenvalue weighted by Gasteiger charge is -2.05. The van der Waals surface area contributed by atoms with Crippen molar-refractivity contribution in [2.45, 2.75) is 53.5 Å². The minimum Gasteiger partial charge on any atom is -0.249 e. The van der Waals surface area contributed by atoms with Gasteiger partial charge in [-0.25, -0.2) is 4.68 Å². The molecule has 3 heteroatoms. The molecule has 0 fully saturated rings. The molecule has 0 aliphatic carbocycles. The zero-order valence-electron chi connectivity index (χ0n) is 9.75. The first-order valence-electron chi connectivity index (χ1n) is 5.60. The van der Waals surface area contributed by atoms with E-state index in [4.69, 9.17) is 0 Å². The fourth-order valence-corrected chi connectivity index (χ4v) is 1.69. The van der Waals surface area contributed by atoms with Crippen molar-refractivity contribution in [2.75, 3.05) is 0 Å². The highest BCUT2D eigenvalue weighted by Gasteiger charge is 2.11. The van der Waals surface area contributed by atoms with Crippen LogP contribution in [-0.4, -0.2) is 15.0 Å². The summed E-state index contributed by atoms with van der Waals surface area (Å²) in [6.07, 6.45) is 3.21. The molecule has 0 N–H and O–H groups in total. The molecule has 0 atom stereocenters. The standard InChI is InChI=1S/C11H21N3/c1-5-7-14-11(6-2)10(12-13-14)8-9(3)4/h9H,5-8H2,1-4H3. The summed E-state index contributed by atoms with van der Waals surface area (Å²) in [5.74, 6) is 0.659. The zero-order chi connectivity index (χ0) is 10.6. The molecule has 0 aliphatic heterocycles. The summed E-state index contributed by atoms with van der Waals surface area (Å²) >= 11 is 0. The van der Waals surface area contributed by atoms with E-state index in [0.717, 1.165) is 25.8 Å². The van der Waals surface area contributed by atoms with E-state index < -0.39 is 0 Å². The van der Waals surface area contributed by atoms with Crippen LogP contribution in [0.4, 0.5) is 0 Å². The third kappa shape index (κ3) is 2.56. The maximum atomic E-state index is 4.26. The third-order valence-corrected chi connectivity index (χ3v) is 2.29. The Morgan fingerprint density at radius 1 is 1.29 bits per heavy atom. The molecule has 14 heavy (non-hydrogen) atoms. The summed E-state index contributed by atoms with van der Waals surface area (Å²) < 4.78 is 2.05. The van der Waals surface area contributed by atoms with Gasteiger partial charge < -0.3 is 0 Å². The van der Waals surface area contributed by atoms with Crippen molar-refractivity contribution in [2.24, 2.45) is 5.92 Å². The van der Waals surface area contributed by atoms with Crippen LogP contribution in [0.15, 0.2) is 0 Å². The quantitative estimate of drug-likeness (QED) is 0.722. The van der Waals surface area contributed by atoms with Crippen LogP contribution in [0.1, 0.15) is 45.5 Å². The highest BCUT2D eigenvalue weighted by Crippen LogP contribution is 2.12. The lowest BCUT2D eigenvalue weighted by Crippen LogP contribution is -2.05. The van der Waals surface area contributed by atoms with Crippen LogP contribution in [0.3, 0.4) is 0 Å². The van der Waals surface area contributed by atoms with Crippen LogP contribution in [0.2, 0.25) is 0 Å². The molecule has 0 spiro atoms. The Morgan fingerprint density at radius 3 is 2.50 bits per heavy atom. The van der Waals surface area contributed by atoms with E-state index in [1.807, 2.05) is 0 Å². The molecule has 0 bridgehead atoms. The van der Waals surface area contributed by atoms with E-state index >= 15 is 0 Å². The van der Waals surface area contributed by atoms with Gasteiger partial charge >= 0.3 is 0 Å². The first-order chi connectivity index (χ1) is 6.69. The number of aromatic nitrogens is 3. The van der Waals surface area contributed by atoms with Crippen molar-refractivity contribution in [1.82, 2.24) is 15.0 Å². The van der Waals surface area contributed by atoms with Gasteiger partial charge in [0.05, 0.1) is 11.4 Å². The molecule has 0 saturated heterocycles. The van der Waals surface area contributed by atoms with Crippen molar-refractivity contribution in [3.8, 4) is 0 Å². The van der Waals surface area contributed by atoms with Gasteiger partial charge in [-0.15, -0.1) is 5.10 Å². The summed E-state index contributed by atoms with van der Waals surface area (Å²) in [6, 6.07) is 0. The van der Waals surface area contributed by atoms with Crippen molar-refractivity contribution in [3.05, 3.63) is 11.4 Å². The molecule has 1 rings (SSSR count). The van der Waals surface area contributed by atoms with Crippen LogP contribution in [0.5, 0.6) is 0 Å². The van der Waals surface area contributed by atoms with Crippen molar-refractivity contribution < 1.29 is 0 Å². The molecule has 80 valence electrons. The first kappa shape index (κ1) is 11.2. The van der Waals surface area contributed by atoms with E-state index in [9.17, 15) is 0 Å². The molecule has 0 saturated carbocycles. The van der Waals surface area contributed by atoms with Crippen molar-refractivity contribution in [3.63, 3.8) is 0 Å². The lowest BCUT2D eigenvalue weighted by molar-refractivity contribution is 0.557. The molecule has 0 radical (unpaired) electrons. The van der Waals surface area contributed by atoms with Gasteiger partial charge in [0, 0.05) is 6.54 Å². The average Bonchev–Trinajstić information content (AvgIpc) is 2.47. The molecule has 1 aromatic heterocycles. The van der Waals surface area contributed by atoms with Crippen LogP contribution in [0.25, 0.3) is 0 Å². The van der Waals surface area contributed by atoms with E-state index in [1.54, 1.807) is 0 Å². The summed E-state index contributed by atoms with van der Waals surface area (Å²) in [6.45, 7) is 9.78. The summed E-state index contributed by atoms with van der Waals surface area (Å²) in [7, 11) is 0. The molecule has 3 nitrogen and oxygen atoms in total. The Hall–Kier alpha value is -0.860. The van der Waals surface area contributed by atoms with E-state index in [2.05, 4.69) is 42.7 Å². The first-order valence-corrected chi connectivity index (χ1v) is 5.60. The van der Waals surface area contributed by atoms with Gasteiger partial charge in [0.15, 0.2) is 0 Å². The SMILES string of the molecule is CCCn1nnc(CC(C)C)c1CC. The maximum Gasteiger partial charge on any atom is 0.0861 e. The second-order valence-electron chi connectivity index (χ2n) is 4.16. The maximum absolute atomic E-state index is 4.26. The van der Waals surface area contributed by atoms with Gasteiger partial charge in [0.2, 0.25) is 0 Å². The monoisotopic (exact) mass is 195 g/mol. The smallest absolute Gasteiger partial charge is 0.0861 e. The number of aryl methyl sites for hydroxylation is 1. The fourth-order valence-electron chi connectivity index (χ4n) is 1.69. The van der Waals surface area contributed by atoms with Crippen LogP contribution < -0.4 is 0 Å². The molecule has 0 aromatic carbocycles. The molecular weight excluding hydrogens is 174 g/mol. The molecule has 0 unspecified atom stereocenters. The summed E-state index contributed by atoms with van der Waals surface area (Å²) in [5, 5.41) is 8.46. The van der Waals surface area contributed by atoms with Crippen LogP contribution in [-0.2, 0) is 19.4 Å². The topological polar surface area (TPSA) is 30.7 Å². The van der Waals surface area contributed by atoms with E-state index in [1.165, 1.54) is 11.4 Å². The second-order valence-corrected chi connectivity index (χ2v) is 4.16. The number of rotatable bonds is 5. The predicted molar refractivity (Wildman–Crippen MR) is 58.2 cm³/mol. The number of nitrogens with zero attached hydrogens (tertiary/aromatic N) is 3. The molecule has 0 aliphatic rings. The van der Waals surface area contributed by atoms with Crippen molar-refractivity contribution in [1.29, 1.82) is 0 Å². The lowest BCUT2D eigenvalue weighted by atomic mass is 10.1. The number of hydrogen-bond acceptors (Lipinski definition) is 2. The minimum atomic E-state index is 0.659. The highest BCUT2D eigenvalue weighted by atomic mass is 15.4. The van der Waals surface area contributed by atoms with Gasteiger partial charge in [-0.2, -0.15) is 0 Å². The van der Waals surface area contributed by atoms with E-state index in [0.29, 0.717) is 5.92 Å².